The van der Waals surface area contributed by atoms with Crippen molar-refractivity contribution in [3.63, 3.8) is 0 Å². The highest BCUT2D eigenvalue weighted by atomic mass is 19.1. The van der Waals surface area contributed by atoms with Crippen LogP contribution >= 0.6 is 0 Å². The fraction of sp³-hybridized carbons (Fsp3) is 0.130. The van der Waals surface area contributed by atoms with Crippen LogP contribution < -0.4 is 21.7 Å². The van der Waals surface area contributed by atoms with E-state index >= 15 is 0 Å². The zero-order chi connectivity index (χ0) is 21.1. The van der Waals surface area contributed by atoms with Gasteiger partial charge in [0.15, 0.2) is 0 Å². The summed E-state index contributed by atoms with van der Waals surface area (Å²) in [5.41, 5.74) is 9.85. The van der Waals surface area contributed by atoms with E-state index in [1.807, 2.05) is 12.1 Å². The van der Waals surface area contributed by atoms with Crippen LogP contribution in [0.25, 0.3) is 0 Å². The minimum atomic E-state index is -0.415. The summed E-state index contributed by atoms with van der Waals surface area (Å²) in [6, 6.07) is 17.7. The van der Waals surface area contributed by atoms with Crippen molar-refractivity contribution in [2.45, 2.75) is 18.9 Å². The summed E-state index contributed by atoms with van der Waals surface area (Å²) in [7, 11) is 0. The molecule has 0 fully saturated rings. The maximum Gasteiger partial charge on any atom is 0.319 e. The van der Waals surface area contributed by atoms with Crippen LogP contribution in [0, 0.1) is 5.82 Å². The molecular weight excluding hydrogens is 383 g/mol. The molecule has 6 nitrogen and oxygen atoms in total. The van der Waals surface area contributed by atoms with Gasteiger partial charge in [0.1, 0.15) is 5.82 Å². The number of anilines is 3. The Labute approximate surface area is 173 Å². The molecule has 0 aromatic heterocycles. The Balaban J connectivity index is 1.42. The van der Waals surface area contributed by atoms with Crippen molar-refractivity contribution in [3.8, 4) is 0 Å². The molecule has 0 radical (unpaired) electrons. The zero-order valence-electron chi connectivity index (χ0n) is 16.1. The summed E-state index contributed by atoms with van der Waals surface area (Å²) in [5.74, 6) is -0.655. The fourth-order valence-electron chi connectivity index (χ4n) is 3.61. The number of nitrogen functional groups attached to an aromatic ring is 1. The van der Waals surface area contributed by atoms with Gasteiger partial charge in [-0.2, -0.15) is 0 Å². The van der Waals surface area contributed by atoms with Crippen molar-refractivity contribution in [2.24, 2.45) is 0 Å². The monoisotopic (exact) mass is 404 g/mol. The van der Waals surface area contributed by atoms with Gasteiger partial charge < -0.3 is 21.7 Å². The van der Waals surface area contributed by atoms with E-state index in [1.54, 1.807) is 36.4 Å². The predicted octanol–water partition coefficient (Wildman–Crippen LogP) is 4.47. The number of carbonyl (C=O) groups excluding carboxylic acids is 2. The van der Waals surface area contributed by atoms with Crippen LogP contribution in [0.15, 0.2) is 66.7 Å². The van der Waals surface area contributed by atoms with Crippen molar-refractivity contribution in [1.82, 2.24) is 5.32 Å². The minimum Gasteiger partial charge on any atom is -0.397 e. The molecule has 0 spiro atoms. The van der Waals surface area contributed by atoms with Crippen LogP contribution in [-0.4, -0.2) is 11.9 Å². The highest BCUT2D eigenvalue weighted by Gasteiger charge is 2.25. The van der Waals surface area contributed by atoms with Gasteiger partial charge in [-0.3, -0.25) is 4.79 Å². The molecule has 30 heavy (non-hydrogen) atoms. The molecule has 0 aliphatic heterocycles. The first kappa shape index (κ1) is 19.4. The molecule has 1 aliphatic rings. The van der Waals surface area contributed by atoms with Crippen molar-refractivity contribution in [3.05, 3.63) is 89.2 Å². The molecular formula is C23H21FN4O2. The Hall–Kier alpha value is -3.87. The van der Waals surface area contributed by atoms with E-state index in [4.69, 9.17) is 5.73 Å². The number of fused-ring (bicyclic) bond motifs is 1. The molecule has 5 N–H and O–H groups in total. The number of halogens is 1. The van der Waals surface area contributed by atoms with E-state index in [-0.39, 0.29) is 11.9 Å². The minimum absolute atomic E-state index is 0.171. The molecule has 152 valence electrons. The number of nitrogens with two attached hydrogens (primary N) is 1. The van der Waals surface area contributed by atoms with Crippen LogP contribution in [0.5, 0.6) is 0 Å². The number of urea groups is 1. The van der Waals surface area contributed by atoms with Crippen LogP contribution in [0.4, 0.5) is 26.2 Å². The Morgan fingerprint density at radius 1 is 0.967 bits per heavy atom. The van der Waals surface area contributed by atoms with Gasteiger partial charge in [-0.15, -0.1) is 0 Å². The lowest BCUT2D eigenvalue weighted by Gasteiger charge is -2.15. The Kier molecular flexibility index (Phi) is 5.34. The maximum atomic E-state index is 13.3. The van der Waals surface area contributed by atoms with Gasteiger partial charge in [-0.25, -0.2) is 9.18 Å². The van der Waals surface area contributed by atoms with E-state index in [0.717, 1.165) is 24.0 Å². The third-order valence-corrected chi connectivity index (χ3v) is 5.08. The largest absolute Gasteiger partial charge is 0.397 e. The Bertz CT molecular complexity index is 1120. The fourth-order valence-corrected chi connectivity index (χ4v) is 3.61. The molecule has 3 aromatic carbocycles. The molecule has 0 saturated carbocycles. The highest BCUT2D eigenvalue weighted by molar-refractivity contribution is 6.05. The SMILES string of the molecule is Nc1ccccc1NC(=O)c1ccc2c(c1)CCC2NC(=O)Nc1cccc(F)c1. The average Bonchev–Trinajstić information content (AvgIpc) is 3.11. The summed E-state index contributed by atoms with van der Waals surface area (Å²) in [6.07, 6.45) is 1.47. The standard InChI is InChI=1S/C23H21FN4O2/c24-16-4-3-5-17(13-16)26-23(30)28-20-11-9-14-12-15(8-10-18(14)20)22(29)27-21-7-2-1-6-19(21)25/h1-8,10,12-13,20H,9,11,25H2,(H,27,29)(H2,26,28,30). The molecule has 0 heterocycles. The first-order valence-corrected chi connectivity index (χ1v) is 9.61. The second-order valence-electron chi connectivity index (χ2n) is 7.16. The molecule has 1 atom stereocenters. The maximum absolute atomic E-state index is 13.3. The quantitative estimate of drug-likeness (QED) is 0.483. The Morgan fingerprint density at radius 2 is 1.80 bits per heavy atom. The van der Waals surface area contributed by atoms with Crippen LogP contribution in [0.1, 0.15) is 33.9 Å². The molecule has 1 unspecified atom stereocenters. The van der Waals surface area contributed by atoms with Gasteiger partial charge in [0.05, 0.1) is 17.4 Å². The molecule has 0 bridgehead atoms. The van der Waals surface area contributed by atoms with E-state index < -0.39 is 11.8 Å². The smallest absolute Gasteiger partial charge is 0.319 e. The van der Waals surface area contributed by atoms with E-state index in [1.165, 1.54) is 18.2 Å². The lowest BCUT2D eigenvalue weighted by molar-refractivity contribution is 0.102. The second kappa shape index (κ2) is 8.24. The summed E-state index contributed by atoms with van der Waals surface area (Å²) in [4.78, 5) is 24.9. The summed E-state index contributed by atoms with van der Waals surface area (Å²) < 4.78 is 13.3. The number of amides is 3. The Morgan fingerprint density at radius 3 is 2.60 bits per heavy atom. The number of rotatable bonds is 4. The number of carbonyl (C=O) groups is 2. The molecule has 0 saturated heterocycles. The highest BCUT2D eigenvalue weighted by Crippen LogP contribution is 2.32. The summed E-state index contributed by atoms with van der Waals surface area (Å²) in [6.45, 7) is 0. The van der Waals surface area contributed by atoms with Crippen molar-refractivity contribution in [2.75, 3.05) is 16.4 Å². The normalized spacial score (nSPS) is 14.6. The lowest BCUT2D eigenvalue weighted by Crippen LogP contribution is -2.31. The lowest BCUT2D eigenvalue weighted by atomic mass is 10.0. The average molecular weight is 404 g/mol. The molecule has 4 rings (SSSR count). The molecule has 3 aromatic rings. The number of para-hydroxylation sites is 2. The number of benzene rings is 3. The van der Waals surface area contributed by atoms with Crippen molar-refractivity contribution < 1.29 is 14.0 Å². The molecule has 7 heteroatoms. The summed E-state index contributed by atoms with van der Waals surface area (Å²) in [5, 5.41) is 8.36. The first-order chi connectivity index (χ1) is 14.5. The first-order valence-electron chi connectivity index (χ1n) is 9.61. The van der Waals surface area contributed by atoms with Gasteiger partial charge in [-0.05, 0) is 66.4 Å². The molecule has 1 aliphatic carbocycles. The topological polar surface area (TPSA) is 96.2 Å². The van der Waals surface area contributed by atoms with Crippen LogP contribution in [0.3, 0.4) is 0 Å². The van der Waals surface area contributed by atoms with Gasteiger partial charge in [-0.1, -0.05) is 24.3 Å². The van der Waals surface area contributed by atoms with Gasteiger partial charge in [0.25, 0.3) is 5.91 Å². The van der Waals surface area contributed by atoms with E-state index in [9.17, 15) is 14.0 Å². The zero-order valence-corrected chi connectivity index (χ0v) is 16.1. The number of nitrogens with one attached hydrogen (secondary N) is 3. The number of aryl methyl sites for hydroxylation is 1. The van der Waals surface area contributed by atoms with Crippen molar-refractivity contribution in [1.29, 1.82) is 0 Å². The molecule has 3 amide bonds. The number of hydrogen-bond donors (Lipinski definition) is 4. The summed E-state index contributed by atoms with van der Waals surface area (Å²) >= 11 is 0. The third kappa shape index (κ3) is 4.25. The predicted molar refractivity (Wildman–Crippen MR) is 115 cm³/mol. The van der Waals surface area contributed by atoms with E-state index in [0.29, 0.717) is 22.6 Å². The van der Waals surface area contributed by atoms with Gasteiger partial charge in [0.2, 0.25) is 0 Å². The van der Waals surface area contributed by atoms with E-state index in [2.05, 4.69) is 16.0 Å². The van der Waals surface area contributed by atoms with Crippen LogP contribution in [-0.2, 0) is 6.42 Å². The second-order valence-corrected chi connectivity index (χ2v) is 7.16. The third-order valence-electron chi connectivity index (χ3n) is 5.08. The number of hydrogen-bond acceptors (Lipinski definition) is 3. The van der Waals surface area contributed by atoms with Gasteiger partial charge >= 0.3 is 6.03 Å². The van der Waals surface area contributed by atoms with Crippen molar-refractivity contribution >= 4 is 29.0 Å². The van der Waals surface area contributed by atoms with Gasteiger partial charge in [0, 0.05) is 11.3 Å². The van der Waals surface area contributed by atoms with Crippen LogP contribution in [0.2, 0.25) is 0 Å².